The minimum Gasteiger partial charge on any atom is -0.479 e. The average molecular weight is 810 g/mol. The number of benzene rings is 2. The molecule has 0 aliphatic carbocycles. The van der Waals surface area contributed by atoms with Gasteiger partial charge >= 0.3 is 23.9 Å². The van der Waals surface area contributed by atoms with E-state index in [9.17, 15) is 40.1 Å². The fourth-order valence-electron chi connectivity index (χ4n) is 5.53. The molecule has 0 aliphatic heterocycles. The lowest BCUT2D eigenvalue weighted by Gasteiger charge is -2.08. The van der Waals surface area contributed by atoms with Gasteiger partial charge in [0.2, 0.25) is 0 Å². The normalized spacial score (nSPS) is 11.3. The fourth-order valence-corrected chi connectivity index (χ4v) is 5.53. The highest BCUT2D eigenvalue weighted by atomic mass is 16.4. The van der Waals surface area contributed by atoms with E-state index >= 15 is 0 Å². The van der Waals surface area contributed by atoms with Crippen LogP contribution in [0.2, 0.25) is 0 Å². The number of aromatic carboxylic acids is 3. The minimum atomic E-state index is -1.51. The van der Waals surface area contributed by atoms with Crippen LogP contribution in [-0.2, 0) is 0 Å². The molecule has 0 fully saturated rings. The Labute approximate surface area is 333 Å². The number of aromatic hydroxyl groups is 1. The minimum absolute atomic E-state index is 0.00110. The maximum atomic E-state index is 11.8. The summed E-state index contributed by atoms with van der Waals surface area (Å²) in [6, 6.07) is 10.3. The number of nitrogens with zero attached hydrogens (tertiary/aromatic N) is 17. The highest BCUT2D eigenvalue weighted by molar-refractivity contribution is 6.02. The molecule has 0 aliphatic rings. The van der Waals surface area contributed by atoms with Crippen molar-refractivity contribution < 1.29 is 34.8 Å². The van der Waals surface area contributed by atoms with E-state index in [1.54, 1.807) is 6.92 Å². The van der Waals surface area contributed by atoms with Crippen molar-refractivity contribution in [2.75, 3.05) is 11.5 Å². The first-order valence-electron chi connectivity index (χ1n) is 16.6. The van der Waals surface area contributed by atoms with Gasteiger partial charge in [-0.3, -0.25) is 0 Å². The summed E-state index contributed by atoms with van der Waals surface area (Å²) in [5.41, 5.74) is 12.7. The number of nitriles is 1. The van der Waals surface area contributed by atoms with Crippen LogP contribution in [0.25, 0.3) is 28.1 Å². The maximum Gasteiger partial charge on any atom is 0.336 e. The SMILES string of the molecule is [C-]#[N+]c1cnn(-c2ccc(C(=O)O)c(C(=O)O)c2)c1N=Nc1c(C)nn(-c2nc(O)nc(-n3nc(C)c(N=Nc4c(C#N)cnn4-c4ccc(C(=O)O)cc4)c3N)n2)c1N. The molecule has 0 spiro atoms. The molecule has 7 aromatic rings. The Morgan fingerprint density at radius 1 is 0.717 bits per heavy atom. The topological polar surface area (TPSA) is 372 Å². The molecule has 0 saturated heterocycles. The lowest BCUT2D eigenvalue weighted by Crippen LogP contribution is -2.13. The van der Waals surface area contributed by atoms with Crippen molar-refractivity contribution >= 4 is 58.2 Å². The Kier molecular flexibility index (Phi) is 9.69. The lowest BCUT2D eigenvalue weighted by atomic mass is 10.1. The smallest absolute Gasteiger partial charge is 0.336 e. The number of rotatable bonds is 11. The Bertz CT molecular complexity index is 3070. The Morgan fingerprint density at radius 3 is 1.78 bits per heavy atom. The molecule has 0 amide bonds. The maximum absolute atomic E-state index is 11.8. The summed E-state index contributed by atoms with van der Waals surface area (Å²) in [5, 5.41) is 82.1. The first-order valence-corrected chi connectivity index (χ1v) is 16.6. The number of aromatic nitrogens is 11. The van der Waals surface area contributed by atoms with E-state index in [4.69, 9.17) is 18.0 Å². The van der Waals surface area contributed by atoms with Gasteiger partial charge in [0.25, 0.3) is 17.6 Å². The van der Waals surface area contributed by atoms with E-state index in [1.165, 1.54) is 48.1 Å². The van der Waals surface area contributed by atoms with Crippen molar-refractivity contribution in [2.45, 2.75) is 13.8 Å². The molecule has 7 rings (SSSR count). The molecule has 0 saturated carbocycles. The van der Waals surface area contributed by atoms with Gasteiger partial charge in [0.1, 0.15) is 11.6 Å². The summed E-state index contributed by atoms with van der Waals surface area (Å²) in [6.07, 6.45) is 2.41. The van der Waals surface area contributed by atoms with Crippen LogP contribution in [0.1, 0.15) is 48.0 Å². The van der Waals surface area contributed by atoms with Crippen molar-refractivity contribution in [1.29, 1.82) is 5.26 Å². The van der Waals surface area contributed by atoms with Gasteiger partial charge < -0.3 is 31.9 Å². The van der Waals surface area contributed by atoms with Crippen molar-refractivity contribution in [2.24, 2.45) is 20.5 Å². The van der Waals surface area contributed by atoms with Crippen LogP contribution in [0.15, 0.2) is 75.3 Å². The van der Waals surface area contributed by atoms with E-state index in [2.05, 4.69) is 60.6 Å². The standard InChI is InChI=1S/C34H23N19O7/c1-14-23(44-46-27-17(11-35)12-39-50(27)18-6-4-16(5-7-18)29(54)55)25(36)52(48-14)32-41-33(43-34(60)42-32)53-26(37)24(15(2)49-53)45-47-28-22(38-3)13-40-51(28)19-8-9-20(30(56)57)21(10-19)31(58)59/h4-10,12-13H,36-37H2,1-2H3,(H,54,55)(H,56,57)(H,58,59)(H,41,42,43,60). The predicted molar refractivity (Wildman–Crippen MR) is 201 cm³/mol. The molecule has 60 heavy (non-hydrogen) atoms. The van der Waals surface area contributed by atoms with Crippen LogP contribution < -0.4 is 11.5 Å². The number of hydrogen-bond acceptors (Lipinski definition) is 18. The number of anilines is 2. The van der Waals surface area contributed by atoms with Gasteiger partial charge in [-0.1, -0.05) is 0 Å². The van der Waals surface area contributed by atoms with E-state index in [-0.39, 0.29) is 80.4 Å². The van der Waals surface area contributed by atoms with Crippen LogP contribution in [-0.4, -0.2) is 92.4 Å². The summed E-state index contributed by atoms with van der Waals surface area (Å²) < 4.78 is 4.40. The zero-order valence-electron chi connectivity index (χ0n) is 30.5. The third-order valence-corrected chi connectivity index (χ3v) is 8.37. The number of carboxylic acids is 3. The van der Waals surface area contributed by atoms with Gasteiger partial charge in [0.05, 0.1) is 58.4 Å². The fraction of sp³-hybridized carbons (Fsp3) is 0.0588. The molecule has 5 aromatic heterocycles. The third kappa shape index (κ3) is 6.88. The third-order valence-electron chi connectivity index (χ3n) is 8.37. The molecular formula is C34H23N19O7. The number of carbonyl (C=O) groups is 3. The number of nitrogen functional groups attached to an aromatic ring is 2. The molecule has 0 unspecified atom stereocenters. The van der Waals surface area contributed by atoms with Gasteiger partial charge in [-0.05, 0) is 56.3 Å². The largest absolute Gasteiger partial charge is 0.479 e. The summed E-state index contributed by atoms with van der Waals surface area (Å²) in [6.45, 7) is 10.6. The molecule has 5 heterocycles. The average Bonchev–Trinajstić information content (AvgIpc) is 3.98. The van der Waals surface area contributed by atoms with E-state index in [0.29, 0.717) is 5.69 Å². The second-order valence-electron chi connectivity index (χ2n) is 12.1. The van der Waals surface area contributed by atoms with Crippen LogP contribution >= 0.6 is 0 Å². The zero-order valence-corrected chi connectivity index (χ0v) is 30.5. The Hall–Kier alpha value is -9.72. The van der Waals surface area contributed by atoms with Gasteiger partial charge in [-0.15, -0.1) is 20.5 Å². The quantitative estimate of drug-likeness (QED) is 0.0776. The summed E-state index contributed by atoms with van der Waals surface area (Å²) in [4.78, 5) is 50.2. The van der Waals surface area contributed by atoms with Crippen molar-refractivity contribution in [1.82, 2.24) is 54.1 Å². The molecular weight excluding hydrogens is 786 g/mol. The van der Waals surface area contributed by atoms with Crippen LogP contribution in [0, 0.1) is 31.8 Å². The molecule has 26 nitrogen and oxygen atoms in total. The monoisotopic (exact) mass is 809 g/mol. The molecule has 296 valence electrons. The zero-order chi connectivity index (χ0) is 43.0. The van der Waals surface area contributed by atoms with E-state index in [1.807, 2.05) is 6.07 Å². The molecule has 8 N–H and O–H groups in total. The summed E-state index contributed by atoms with van der Waals surface area (Å²) in [5.74, 6) is -5.21. The molecule has 2 aromatic carbocycles. The molecule has 0 radical (unpaired) electrons. The van der Waals surface area contributed by atoms with E-state index in [0.717, 1.165) is 32.4 Å². The number of hydrogen-bond donors (Lipinski definition) is 6. The van der Waals surface area contributed by atoms with Gasteiger partial charge in [0.15, 0.2) is 34.6 Å². The first-order chi connectivity index (χ1) is 28.7. The number of aryl methyl sites for hydroxylation is 2. The van der Waals surface area contributed by atoms with Crippen molar-refractivity contribution in [3.8, 4) is 35.4 Å². The van der Waals surface area contributed by atoms with E-state index < -0.39 is 35.0 Å². The van der Waals surface area contributed by atoms with Crippen LogP contribution in [0.5, 0.6) is 6.01 Å². The number of azo groups is 2. The van der Waals surface area contributed by atoms with Crippen LogP contribution in [0.4, 0.5) is 40.3 Å². The Balaban J connectivity index is 1.21. The van der Waals surface area contributed by atoms with Crippen molar-refractivity contribution in [3.63, 3.8) is 0 Å². The summed E-state index contributed by atoms with van der Waals surface area (Å²) >= 11 is 0. The second-order valence-corrected chi connectivity index (χ2v) is 12.1. The highest BCUT2D eigenvalue weighted by Gasteiger charge is 2.24. The van der Waals surface area contributed by atoms with Gasteiger partial charge in [0, 0.05) is 0 Å². The molecule has 0 atom stereocenters. The van der Waals surface area contributed by atoms with Gasteiger partial charge in [-0.25, -0.2) is 28.6 Å². The molecule has 26 heteroatoms. The summed E-state index contributed by atoms with van der Waals surface area (Å²) in [7, 11) is 0. The number of nitrogens with two attached hydrogens (primary N) is 2. The first kappa shape index (κ1) is 38.6. The van der Waals surface area contributed by atoms with Gasteiger partial charge in [-0.2, -0.15) is 50.0 Å². The lowest BCUT2D eigenvalue weighted by molar-refractivity contribution is 0.0651. The predicted octanol–water partition coefficient (Wildman–Crippen LogP) is 4.45. The highest BCUT2D eigenvalue weighted by Crippen LogP contribution is 2.36. The Morgan fingerprint density at radius 2 is 1.25 bits per heavy atom. The second kappa shape index (κ2) is 15.1. The van der Waals surface area contributed by atoms with Crippen LogP contribution in [0.3, 0.4) is 0 Å². The molecule has 0 bridgehead atoms. The van der Waals surface area contributed by atoms with Crippen molar-refractivity contribution in [3.05, 3.63) is 99.9 Å². The number of carboxylic acid groups (broad SMARTS) is 3.